The minimum Gasteiger partial charge on any atom is -0.482 e. The number of anilines is 2. The molecule has 5 nitrogen and oxygen atoms in total. The molecule has 0 fully saturated rings. The SMILES string of the molecule is COCCCN1C(=O)COc2ccc(N)cc21. The monoisotopic (exact) mass is 236 g/mol. The molecule has 1 aliphatic heterocycles. The third-order valence-electron chi connectivity index (χ3n) is 2.66. The van der Waals surface area contributed by atoms with Gasteiger partial charge in [-0.25, -0.2) is 0 Å². The van der Waals surface area contributed by atoms with Crippen molar-refractivity contribution in [1.29, 1.82) is 0 Å². The van der Waals surface area contributed by atoms with Crippen molar-refractivity contribution in [3.05, 3.63) is 18.2 Å². The topological polar surface area (TPSA) is 64.8 Å². The Labute approximate surface area is 100 Å². The van der Waals surface area contributed by atoms with Crippen molar-refractivity contribution in [2.24, 2.45) is 0 Å². The van der Waals surface area contributed by atoms with Crippen LogP contribution in [0.2, 0.25) is 0 Å². The Morgan fingerprint density at radius 3 is 3.12 bits per heavy atom. The van der Waals surface area contributed by atoms with Crippen molar-refractivity contribution < 1.29 is 14.3 Å². The minimum absolute atomic E-state index is 0.0424. The van der Waals surface area contributed by atoms with E-state index in [1.807, 2.05) is 0 Å². The fourth-order valence-electron chi connectivity index (χ4n) is 1.83. The van der Waals surface area contributed by atoms with Crippen LogP contribution in [0.1, 0.15) is 6.42 Å². The summed E-state index contributed by atoms with van der Waals surface area (Å²) in [6, 6.07) is 5.32. The first kappa shape index (κ1) is 11.7. The normalized spacial score (nSPS) is 14.4. The number of nitrogens with two attached hydrogens (primary N) is 1. The summed E-state index contributed by atoms with van der Waals surface area (Å²) in [4.78, 5) is 13.5. The van der Waals surface area contributed by atoms with Crippen LogP contribution in [0.15, 0.2) is 18.2 Å². The average Bonchev–Trinajstić information content (AvgIpc) is 2.32. The van der Waals surface area contributed by atoms with Crippen LogP contribution in [-0.4, -0.2) is 32.8 Å². The Hall–Kier alpha value is -1.75. The second-order valence-electron chi connectivity index (χ2n) is 3.91. The molecule has 92 valence electrons. The molecular weight excluding hydrogens is 220 g/mol. The standard InChI is InChI=1S/C12H16N2O3/c1-16-6-2-5-14-10-7-9(13)3-4-11(10)17-8-12(14)15/h3-4,7H,2,5-6,8,13H2,1H3. The number of hydrogen-bond acceptors (Lipinski definition) is 4. The van der Waals surface area contributed by atoms with Crippen LogP contribution < -0.4 is 15.4 Å². The van der Waals surface area contributed by atoms with Gasteiger partial charge in [0.05, 0.1) is 5.69 Å². The zero-order valence-electron chi connectivity index (χ0n) is 9.81. The largest absolute Gasteiger partial charge is 0.482 e. The summed E-state index contributed by atoms with van der Waals surface area (Å²) in [7, 11) is 1.65. The molecule has 0 aromatic heterocycles. The van der Waals surface area contributed by atoms with Gasteiger partial charge in [0.1, 0.15) is 5.75 Å². The first-order valence-corrected chi connectivity index (χ1v) is 5.54. The van der Waals surface area contributed by atoms with Gasteiger partial charge in [-0.2, -0.15) is 0 Å². The number of benzene rings is 1. The van der Waals surface area contributed by atoms with Crippen LogP contribution >= 0.6 is 0 Å². The van der Waals surface area contributed by atoms with Gasteiger partial charge in [0.25, 0.3) is 5.91 Å². The van der Waals surface area contributed by atoms with Gasteiger partial charge in [-0.3, -0.25) is 4.79 Å². The third-order valence-corrected chi connectivity index (χ3v) is 2.66. The van der Waals surface area contributed by atoms with Gasteiger partial charge in [-0.15, -0.1) is 0 Å². The molecule has 1 aromatic rings. The predicted octanol–water partition coefficient (Wildman–Crippen LogP) is 1.03. The van der Waals surface area contributed by atoms with Gasteiger partial charge >= 0.3 is 0 Å². The molecule has 1 aliphatic rings. The van der Waals surface area contributed by atoms with E-state index < -0.39 is 0 Å². The van der Waals surface area contributed by atoms with E-state index in [4.69, 9.17) is 15.2 Å². The second kappa shape index (κ2) is 5.05. The van der Waals surface area contributed by atoms with E-state index in [0.717, 1.165) is 12.1 Å². The molecule has 0 spiro atoms. The molecule has 0 saturated carbocycles. The number of nitrogens with zero attached hydrogens (tertiary/aromatic N) is 1. The van der Waals surface area contributed by atoms with E-state index in [2.05, 4.69) is 0 Å². The summed E-state index contributed by atoms with van der Waals surface area (Å²) in [5.74, 6) is 0.662. The third kappa shape index (κ3) is 2.50. The fraction of sp³-hybridized carbons (Fsp3) is 0.417. The van der Waals surface area contributed by atoms with Crippen LogP contribution in [0, 0.1) is 0 Å². The van der Waals surface area contributed by atoms with E-state index in [1.165, 1.54) is 0 Å². The summed E-state index contributed by atoms with van der Waals surface area (Å²) in [6.07, 6.45) is 0.788. The Morgan fingerprint density at radius 2 is 2.35 bits per heavy atom. The molecule has 1 amide bonds. The van der Waals surface area contributed by atoms with Gasteiger partial charge in [0.2, 0.25) is 0 Å². The highest BCUT2D eigenvalue weighted by Crippen LogP contribution is 2.33. The molecule has 0 bridgehead atoms. The first-order chi connectivity index (χ1) is 8.22. The molecule has 2 N–H and O–H groups in total. The van der Waals surface area contributed by atoms with Crippen LogP contribution in [0.4, 0.5) is 11.4 Å². The van der Waals surface area contributed by atoms with Crippen LogP contribution in [0.3, 0.4) is 0 Å². The van der Waals surface area contributed by atoms with E-state index in [9.17, 15) is 4.79 Å². The van der Waals surface area contributed by atoms with Gasteiger partial charge in [0, 0.05) is 25.9 Å². The zero-order valence-corrected chi connectivity index (χ0v) is 9.81. The van der Waals surface area contributed by atoms with Gasteiger partial charge < -0.3 is 20.1 Å². The van der Waals surface area contributed by atoms with Crippen molar-refractivity contribution in [3.8, 4) is 5.75 Å². The van der Waals surface area contributed by atoms with E-state index in [-0.39, 0.29) is 12.5 Å². The Bertz CT molecular complexity index is 420. The molecule has 5 heteroatoms. The number of hydrogen-bond donors (Lipinski definition) is 1. The number of nitrogen functional groups attached to an aromatic ring is 1. The molecule has 1 heterocycles. The molecule has 0 atom stereocenters. The van der Waals surface area contributed by atoms with Gasteiger partial charge in [-0.1, -0.05) is 0 Å². The lowest BCUT2D eigenvalue weighted by Crippen LogP contribution is -2.39. The maximum absolute atomic E-state index is 11.8. The molecule has 17 heavy (non-hydrogen) atoms. The highest BCUT2D eigenvalue weighted by molar-refractivity contribution is 5.98. The first-order valence-electron chi connectivity index (χ1n) is 5.54. The predicted molar refractivity (Wildman–Crippen MR) is 65.2 cm³/mol. The number of methoxy groups -OCH3 is 1. The molecule has 0 saturated heterocycles. The Kier molecular flexibility index (Phi) is 3.49. The molecule has 0 radical (unpaired) electrons. The molecule has 2 rings (SSSR count). The zero-order chi connectivity index (χ0) is 12.3. The average molecular weight is 236 g/mol. The molecular formula is C12H16N2O3. The summed E-state index contributed by atoms with van der Waals surface area (Å²) in [5, 5.41) is 0. The van der Waals surface area contributed by atoms with Crippen molar-refractivity contribution >= 4 is 17.3 Å². The Balaban J connectivity index is 2.20. The van der Waals surface area contributed by atoms with Crippen LogP contribution in [-0.2, 0) is 9.53 Å². The quantitative estimate of drug-likeness (QED) is 0.626. The highest BCUT2D eigenvalue weighted by Gasteiger charge is 2.24. The summed E-state index contributed by atoms with van der Waals surface area (Å²) in [6.45, 7) is 1.33. The van der Waals surface area contributed by atoms with Crippen LogP contribution in [0.25, 0.3) is 0 Å². The number of fused-ring (bicyclic) bond motifs is 1. The van der Waals surface area contributed by atoms with Crippen molar-refractivity contribution in [3.63, 3.8) is 0 Å². The minimum atomic E-state index is -0.0424. The second-order valence-corrected chi connectivity index (χ2v) is 3.91. The number of rotatable bonds is 4. The lowest BCUT2D eigenvalue weighted by atomic mass is 10.2. The Morgan fingerprint density at radius 1 is 1.53 bits per heavy atom. The highest BCUT2D eigenvalue weighted by atomic mass is 16.5. The maximum Gasteiger partial charge on any atom is 0.265 e. The summed E-state index contributed by atoms with van der Waals surface area (Å²) < 4.78 is 10.3. The van der Waals surface area contributed by atoms with Crippen molar-refractivity contribution in [2.75, 3.05) is 37.5 Å². The fourth-order valence-corrected chi connectivity index (χ4v) is 1.83. The molecule has 0 unspecified atom stereocenters. The number of ether oxygens (including phenoxy) is 2. The van der Waals surface area contributed by atoms with Crippen molar-refractivity contribution in [1.82, 2.24) is 0 Å². The van der Waals surface area contributed by atoms with E-state index >= 15 is 0 Å². The smallest absolute Gasteiger partial charge is 0.265 e. The van der Waals surface area contributed by atoms with Gasteiger partial charge in [-0.05, 0) is 24.6 Å². The lowest BCUT2D eigenvalue weighted by Gasteiger charge is -2.29. The molecule has 1 aromatic carbocycles. The van der Waals surface area contributed by atoms with E-state index in [1.54, 1.807) is 30.2 Å². The van der Waals surface area contributed by atoms with E-state index in [0.29, 0.717) is 24.6 Å². The number of amides is 1. The van der Waals surface area contributed by atoms with Crippen LogP contribution in [0.5, 0.6) is 5.75 Å². The van der Waals surface area contributed by atoms with Crippen molar-refractivity contribution in [2.45, 2.75) is 6.42 Å². The number of carbonyl (C=O) groups is 1. The molecule has 0 aliphatic carbocycles. The summed E-state index contributed by atoms with van der Waals surface area (Å²) >= 11 is 0. The number of carbonyl (C=O) groups excluding carboxylic acids is 1. The van der Waals surface area contributed by atoms with Gasteiger partial charge in [0.15, 0.2) is 6.61 Å². The lowest BCUT2D eigenvalue weighted by molar-refractivity contribution is -0.121. The maximum atomic E-state index is 11.8. The summed E-state index contributed by atoms with van der Waals surface area (Å²) in [5.41, 5.74) is 7.10.